The van der Waals surface area contributed by atoms with E-state index >= 15 is 0 Å². The van der Waals surface area contributed by atoms with Crippen molar-refractivity contribution >= 4 is 29.5 Å². The van der Waals surface area contributed by atoms with Gasteiger partial charge in [0.15, 0.2) is 0 Å². The predicted molar refractivity (Wildman–Crippen MR) is 95.4 cm³/mol. The predicted octanol–water partition coefficient (Wildman–Crippen LogP) is 4.05. The molecule has 1 N–H and O–H groups in total. The first-order valence-electron chi connectivity index (χ1n) is 7.99. The van der Waals surface area contributed by atoms with Gasteiger partial charge in [-0.3, -0.25) is 0 Å². The molecule has 2 rings (SSSR count). The molecule has 1 saturated carbocycles. The van der Waals surface area contributed by atoms with Gasteiger partial charge in [0.25, 0.3) is 0 Å². The second-order valence-corrected chi connectivity index (χ2v) is 7.49. The van der Waals surface area contributed by atoms with Gasteiger partial charge in [-0.2, -0.15) is 11.8 Å². The van der Waals surface area contributed by atoms with E-state index < -0.39 is 0 Å². The second-order valence-electron chi connectivity index (χ2n) is 5.91. The summed E-state index contributed by atoms with van der Waals surface area (Å²) in [5.41, 5.74) is 0. The van der Waals surface area contributed by atoms with E-state index in [0.717, 1.165) is 37.2 Å². The third-order valence-electron chi connectivity index (χ3n) is 4.26. The zero-order valence-corrected chi connectivity index (χ0v) is 15.0. The van der Waals surface area contributed by atoms with E-state index in [1.165, 1.54) is 0 Å². The van der Waals surface area contributed by atoms with E-state index in [1.807, 2.05) is 18.8 Å². The molecule has 1 amide bonds. The van der Waals surface area contributed by atoms with Crippen LogP contribution in [-0.2, 0) is 0 Å². The van der Waals surface area contributed by atoms with Crippen LogP contribution in [0.15, 0.2) is 24.3 Å². The molecule has 128 valence electrons. The highest BCUT2D eigenvalue weighted by atomic mass is 35.5. The van der Waals surface area contributed by atoms with Crippen molar-refractivity contribution in [1.29, 1.82) is 0 Å². The number of thioether (sulfide) groups is 1. The van der Waals surface area contributed by atoms with Crippen molar-refractivity contribution in [3.05, 3.63) is 29.3 Å². The van der Waals surface area contributed by atoms with Gasteiger partial charge in [-0.15, -0.1) is 0 Å². The van der Waals surface area contributed by atoms with E-state index in [2.05, 4.69) is 0 Å². The maximum absolute atomic E-state index is 12.2. The minimum Gasteiger partial charge on any atom is -0.410 e. The van der Waals surface area contributed by atoms with Gasteiger partial charge in [-0.1, -0.05) is 11.6 Å². The Bertz CT molecular complexity index is 489. The van der Waals surface area contributed by atoms with Crippen LogP contribution in [0.2, 0.25) is 5.02 Å². The first kappa shape index (κ1) is 18.4. The Balaban J connectivity index is 1.76. The first-order valence-corrected chi connectivity index (χ1v) is 9.52. The molecule has 0 radical (unpaired) electrons. The Morgan fingerprint density at radius 3 is 2.57 bits per heavy atom. The van der Waals surface area contributed by atoms with E-state index in [0.29, 0.717) is 16.7 Å². The van der Waals surface area contributed by atoms with E-state index in [4.69, 9.17) is 21.4 Å². The molecule has 0 aliphatic heterocycles. The molecule has 6 heteroatoms. The normalized spacial score (nSPS) is 21.0. The highest BCUT2D eigenvalue weighted by molar-refractivity contribution is 7.99. The molecule has 0 bridgehead atoms. The largest absolute Gasteiger partial charge is 0.415 e. The van der Waals surface area contributed by atoms with Gasteiger partial charge >= 0.3 is 6.09 Å². The number of nitrogens with zero attached hydrogens (tertiary/aromatic N) is 1. The summed E-state index contributed by atoms with van der Waals surface area (Å²) >= 11 is 7.64. The summed E-state index contributed by atoms with van der Waals surface area (Å²) in [6.07, 6.45) is 3.96. The number of benzene rings is 1. The lowest BCUT2D eigenvalue weighted by molar-refractivity contribution is 0.127. The molecule has 0 heterocycles. The van der Waals surface area contributed by atoms with Crippen LogP contribution in [0.4, 0.5) is 4.79 Å². The Morgan fingerprint density at radius 2 is 1.96 bits per heavy atom. The minimum atomic E-state index is -0.314. The molecule has 1 fully saturated rings. The lowest BCUT2D eigenvalue weighted by Gasteiger charge is -2.34. The highest BCUT2D eigenvalue weighted by Gasteiger charge is 2.27. The fourth-order valence-electron chi connectivity index (χ4n) is 2.84. The SMILES string of the molecule is CN(C(=O)Oc1ccc(Cl)cc1)C1CCC(CSCCO)CC1. The van der Waals surface area contributed by atoms with E-state index in [9.17, 15) is 4.79 Å². The van der Waals surface area contributed by atoms with Gasteiger partial charge in [0.1, 0.15) is 5.75 Å². The smallest absolute Gasteiger partial charge is 0.410 e. The zero-order chi connectivity index (χ0) is 16.7. The number of aliphatic hydroxyl groups excluding tert-OH is 1. The molecule has 0 atom stereocenters. The average Bonchev–Trinajstić information content (AvgIpc) is 2.57. The van der Waals surface area contributed by atoms with Gasteiger partial charge in [0.2, 0.25) is 0 Å². The number of ether oxygens (including phenoxy) is 1. The number of rotatable bonds is 6. The highest BCUT2D eigenvalue weighted by Crippen LogP contribution is 2.30. The summed E-state index contributed by atoms with van der Waals surface area (Å²) in [6.45, 7) is 0.249. The molecule has 1 aliphatic carbocycles. The molecule has 0 spiro atoms. The first-order chi connectivity index (χ1) is 11.1. The number of amides is 1. The molecule has 23 heavy (non-hydrogen) atoms. The van der Waals surface area contributed by atoms with Crippen LogP contribution < -0.4 is 4.74 Å². The Kier molecular flexibility index (Phi) is 7.53. The quantitative estimate of drug-likeness (QED) is 0.780. The van der Waals surface area contributed by atoms with E-state index in [-0.39, 0.29) is 18.7 Å². The molecular formula is C17H24ClNO3S. The number of halogens is 1. The topological polar surface area (TPSA) is 49.8 Å². The molecule has 1 aromatic rings. The summed E-state index contributed by atoms with van der Waals surface area (Å²) < 4.78 is 5.39. The van der Waals surface area contributed by atoms with Crippen molar-refractivity contribution in [3.63, 3.8) is 0 Å². The van der Waals surface area contributed by atoms with Crippen LogP contribution >= 0.6 is 23.4 Å². The summed E-state index contributed by atoms with van der Waals surface area (Å²) in [5.74, 6) is 3.13. The Hall–Kier alpha value is -0.910. The molecule has 0 unspecified atom stereocenters. The van der Waals surface area contributed by atoms with Crippen LogP contribution in [0.1, 0.15) is 25.7 Å². The zero-order valence-electron chi connectivity index (χ0n) is 13.4. The van der Waals surface area contributed by atoms with Gasteiger partial charge in [0, 0.05) is 23.9 Å². The molecule has 4 nitrogen and oxygen atoms in total. The van der Waals surface area contributed by atoms with Crippen molar-refractivity contribution in [3.8, 4) is 5.75 Å². The number of carbonyl (C=O) groups is 1. The molecule has 1 aliphatic rings. The van der Waals surface area contributed by atoms with Crippen LogP contribution in [0.5, 0.6) is 5.75 Å². The molecule has 0 saturated heterocycles. The fourth-order valence-corrected chi connectivity index (χ4v) is 3.93. The monoisotopic (exact) mass is 357 g/mol. The third-order valence-corrected chi connectivity index (χ3v) is 5.69. The van der Waals surface area contributed by atoms with Crippen molar-refractivity contribution in [2.45, 2.75) is 31.7 Å². The molecule has 1 aromatic carbocycles. The standard InChI is InChI=1S/C17H24ClNO3S/c1-19(17(21)22-16-8-4-14(18)5-9-16)15-6-2-13(3-7-15)12-23-11-10-20/h4-5,8-9,13,15,20H,2-3,6-7,10-12H2,1H3. The maximum atomic E-state index is 12.2. The van der Waals surface area contributed by atoms with Gasteiger partial charge in [-0.25, -0.2) is 4.79 Å². The molecular weight excluding hydrogens is 334 g/mol. The Morgan fingerprint density at radius 1 is 1.30 bits per heavy atom. The van der Waals surface area contributed by atoms with Crippen LogP contribution in [0, 0.1) is 5.92 Å². The van der Waals surface area contributed by atoms with Crippen molar-refractivity contribution in [2.75, 3.05) is 25.2 Å². The lowest BCUT2D eigenvalue weighted by atomic mass is 9.87. The van der Waals surface area contributed by atoms with Gasteiger partial charge in [-0.05, 0) is 61.6 Å². The lowest BCUT2D eigenvalue weighted by Crippen LogP contribution is -2.41. The fraction of sp³-hybridized carbons (Fsp3) is 0.588. The van der Waals surface area contributed by atoms with Crippen LogP contribution in [0.3, 0.4) is 0 Å². The van der Waals surface area contributed by atoms with Crippen LogP contribution in [-0.4, -0.2) is 47.3 Å². The number of aliphatic hydroxyl groups is 1. The van der Waals surface area contributed by atoms with Crippen molar-refractivity contribution < 1.29 is 14.6 Å². The van der Waals surface area contributed by atoms with Crippen LogP contribution in [0.25, 0.3) is 0 Å². The number of carbonyl (C=O) groups excluding carboxylic acids is 1. The Labute approximate surface area is 147 Å². The number of hydrogen-bond donors (Lipinski definition) is 1. The maximum Gasteiger partial charge on any atom is 0.415 e. The van der Waals surface area contributed by atoms with Gasteiger partial charge < -0.3 is 14.7 Å². The average molecular weight is 358 g/mol. The van der Waals surface area contributed by atoms with Gasteiger partial charge in [0.05, 0.1) is 6.61 Å². The number of hydrogen-bond acceptors (Lipinski definition) is 4. The minimum absolute atomic E-state index is 0.244. The summed E-state index contributed by atoms with van der Waals surface area (Å²) in [4.78, 5) is 13.9. The molecule has 0 aromatic heterocycles. The summed E-state index contributed by atoms with van der Waals surface area (Å²) in [6, 6.07) is 7.06. The van der Waals surface area contributed by atoms with Crippen molar-refractivity contribution in [2.24, 2.45) is 5.92 Å². The third kappa shape index (κ3) is 5.90. The second kappa shape index (κ2) is 9.40. The summed E-state index contributed by atoms with van der Waals surface area (Å²) in [7, 11) is 1.81. The van der Waals surface area contributed by atoms with Crippen molar-refractivity contribution in [1.82, 2.24) is 4.90 Å². The van der Waals surface area contributed by atoms with E-state index in [1.54, 1.807) is 29.2 Å². The summed E-state index contributed by atoms with van der Waals surface area (Å²) in [5, 5.41) is 9.44.